The molecule has 0 aromatic carbocycles. The topological polar surface area (TPSA) is 108 Å². The van der Waals surface area contributed by atoms with Gasteiger partial charge < -0.3 is 21.1 Å². The van der Waals surface area contributed by atoms with Gasteiger partial charge >= 0.3 is 0 Å². The Morgan fingerprint density at radius 2 is 2.13 bits per heavy atom. The number of nitrogen functional groups attached to an aromatic ring is 1. The molecule has 0 amide bonds. The third kappa shape index (κ3) is 2.21. The van der Waals surface area contributed by atoms with Crippen molar-refractivity contribution in [2.45, 2.75) is 31.9 Å². The molecule has 0 aliphatic carbocycles. The number of nitrogens with zero attached hydrogens (tertiary/aromatic N) is 5. The van der Waals surface area contributed by atoms with Gasteiger partial charge in [0.2, 0.25) is 0 Å². The lowest BCUT2D eigenvalue weighted by Gasteiger charge is -2.41. The van der Waals surface area contributed by atoms with Gasteiger partial charge in [-0.15, -0.1) is 0 Å². The monoisotopic (exact) mass is 381 g/mol. The smallest absolute Gasteiger partial charge is 0.199 e. The van der Waals surface area contributed by atoms with E-state index < -0.39 is 0 Å². The van der Waals surface area contributed by atoms with Crippen molar-refractivity contribution in [3.63, 3.8) is 0 Å². The average Bonchev–Trinajstić information content (AvgIpc) is 3.14. The molecule has 2 aliphatic rings. The summed E-state index contributed by atoms with van der Waals surface area (Å²) < 4.78 is 8.08. The van der Waals surface area contributed by atoms with Gasteiger partial charge in [-0.3, -0.25) is 0 Å². The molecule has 0 saturated carbocycles. The van der Waals surface area contributed by atoms with Gasteiger partial charge in [0, 0.05) is 24.5 Å². The number of aromatic nitrogens is 4. The van der Waals surface area contributed by atoms with Crippen molar-refractivity contribution in [1.82, 2.24) is 19.6 Å². The molecule has 2 atom stereocenters. The van der Waals surface area contributed by atoms with E-state index in [-0.39, 0.29) is 17.6 Å². The second-order valence-corrected chi connectivity index (χ2v) is 7.25. The lowest BCUT2D eigenvalue weighted by atomic mass is 9.73. The van der Waals surface area contributed by atoms with E-state index in [9.17, 15) is 0 Å². The second kappa shape index (κ2) is 5.29. The molecule has 8 nitrogen and oxygen atoms in total. The molecule has 0 unspecified atom stereocenters. The molecule has 2 fully saturated rings. The predicted octanol–water partition coefficient (Wildman–Crippen LogP) is 0.802. The molecule has 2 aromatic rings. The zero-order chi connectivity index (χ0) is 16.2. The summed E-state index contributed by atoms with van der Waals surface area (Å²) in [6, 6.07) is 0.0979. The third-order valence-corrected chi connectivity index (χ3v) is 6.02. The van der Waals surface area contributed by atoms with Crippen LogP contribution in [0, 0.1) is 5.41 Å². The lowest BCUT2D eigenvalue weighted by Crippen LogP contribution is -2.50. The molecular weight excluding hydrogens is 362 g/mol. The molecular formula is C14H20BrN7O. The predicted molar refractivity (Wildman–Crippen MR) is 90.2 cm³/mol. The Hall–Kier alpha value is -1.45. The van der Waals surface area contributed by atoms with Crippen LogP contribution >= 0.6 is 15.9 Å². The summed E-state index contributed by atoms with van der Waals surface area (Å²) in [5.74, 6) is 1.19. The van der Waals surface area contributed by atoms with E-state index in [1.807, 2.05) is 0 Å². The molecule has 9 heteroatoms. The first-order valence-electron chi connectivity index (χ1n) is 7.79. The molecule has 1 spiro atoms. The maximum absolute atomic E-state index is 6.38. The summed E-state index contributed by atoms with van der Waals surface area (Å²) in [6.07, 6.45) is 3.61. The lowest BCUT2D eigenvalue weighted by molar-refractivity contribution is 0.0974. The number of hydrogen-bond donors (Lipinski definition) is 2. The molecule has 4 heterocycles. The Bertz CT molecular complexity index is 740. The number of halogens is 1. The highest BCUT2D eigenvalue weighted by Gasteiger charge is 2.47. The first kappa shape index (κ1) is 15.1. The van der Waals surface area contributed by atoms with Gasteiger partial charge in [0.25, 0.3) is 0 Å². The minimum Gasteiger partial charge on any atom is -0.381 e. The van der Waals surface area contributed by atoms with E-state index in [1.54, 1.807) is 4.52 Å². The van der Waals surface area contributed by atoms with Crippen molar-refractivity contribution in [3.05, 3.63) is 10.9 Å². The molecule has 124 valence electrons. The Balaban J connectivity index is 1.62. The van der Waals surface area contributed by atoms with Crippen molar-refractivity contribution in [2.75, 3.05) is 30.3 Å². The quantitative estimate of drug-likeness (QED) is 0.751. The van der Waals surface area contributed by atoms with Gasteiger partial charge in [-0.25, -0.2) is 9.97 Å². The molecule has 2 aromatic heterocycles. The minimum atomic E-state index is 0.0841. The molecule has 2 saturated heterocycles. The molecule has 0 radical (unpaired) electrons. The Morgan fingerprint density at radius 3 is 2.78 bits per heavy atom. The van der Waals surface area contributed by atoms with Crippen LogP contribution in [-0.4, -0.2) is 51.4 Å². The van der Waals surface area contributed by atoms with Crippen LogP contribution in [0.4, 0.5) is 11.6 Å². The van der Waals surface area contributed by atoms with E-state index in [0.29, 0.717) is 16.1 Å². The maximum Gasteiger partial charge on any atom is 0.199 e. The van der Waals surface area contributed by atoms with Gasteiger partial charge in [0.1, 0.15) is 6.33 Å². The highest BCUT2D eigenvalue weighted by atomic mass is 79.9. The number of hydrogen-bond acceptors (Lipinski definition) is 7. The van der Waals surface area contributed by atoms with Crippen molar-refractivity contribution >= 4 is 33.2 Å². The normalized spacial score (nSPS) is 27.2. The van der Waals surface area contributed by atoms with Crippen LogP contribution in [-0.2, 0) is 4.74 Å². The van der Waals surface area contributed by atoms with Crippen LogP contribution in [0.1, 0.15) is 19.8 Å². The Morgan fingerprint density at radius 1 is 1.39 bits per heavy atom. The maximum atomic E-state index is 6.38. The fourth-order valence-corrected chi connectivity index (χ4v) is 4.05. The summed E-state index contributed by atoms with van der Waals surface area (Å²) in [6.45, 7) is 4.53. The summed E-state index contributed by atoms with van der Waals surface area (Å²) >= 11 is 3.40. The van der Waals surface area contributed by atoms with Gasteiger partial charge in [-0.2, -0.15) is 9.61 Å². The highest BCUT2D eigenvalue weighted by molar-refractivity contribution is 9.10. The van der Waals surface area contributed by atoms with Crippen molar-refractivity contribution in [3.8, 4) is 0 Å². The highest BCUT2D eigenvalue weighted by Crippen LogP contribution is 2.42. The van der Waals surface area contributed by atoms with E-state index in [0.717, 1.165) is 38.4 Å². The molecule has 4 rings (SSSR count). The number of nitrogens with two attached hydrogens (primary N) is 2. The number of fused-ring (bicyclic) bond motifs is 1. The average molecular weight is 382 g/mol. The van der Waals surface area contributed by atoms with Crippen LogP contribution in [0.25, 0.3) is 5.65 Å². The van der Waals surface area contributed by atoms with Gasteiger partial charge in [-0.1, -0.05) is 0 Å². The van der Waals surface area contributed by atoms with Crippen LogP contribution in [0.2, 0.25) is 0 Å². The molecule has 23 heavy (non-hydrogen) atoms. The largest absolute Gasteiger partial charge is 0.381 e. The number of anilines is 2. The third-order valence-electron chi connectivity index (χ3n) is 5.28. The summed E-state index contributed by atoms with van der Waals surface area (Å²) in [5, 5.41) is 4.20. The van der Waals surface area contributed by atoms with E-state index in [2.05, 4.69) is 42.8 Å². The summed E-state index contributed by atoms with van der Waals surface area (Å²) in [5.41, 5.74) is 13.2. The summed E-state index contributed by atoms with van der Waals surface area (Å²) in [4.78, 5) is 11.1. The minimum absolute atomic E-state index is 0.0841. The Kier molecular flexibility index (Phi) is 3.47. The standard InChI is InChI=1S/C14H20BrN7O/c1-8-9(16)14(6-23-8)2-4-21(5-3-14)13-12-18-7-19-22(12)10(15)11(17)20-13/h7-9H,2-6,16-17H2,1H3/t8-,9+/m0/s1. The number of piperidine rings is 1. The van der Waals surface area contributed by atoms with Crippen LogP contribution in [0.3, 0.4) is 0 Å². The fraction of sp³-hybridized carbons (Fsp3) is 0.643. The van der Waals surface area contributed by atoms with E-state index in [1.165, 1.54) is 6.33 Å². The molecule has 2 aliphatic heterocycles. The zero-order valence-corrected chi connectivity index (χ0v) is 14.5. The zero-order valence-electron chi connectivity index (χ0n) is 12.9. The second-order valence-electron chi connectivity index (χ2n) is 6.50. The molecule has 4 N–H and O–H groups in total. The van der Waals surface area contributed by atoms with Crippen molar-refractivity contribution in [2.24, 2.45) is 11.1 Å². The van der Waals surface area contributed by atoms with E-state index in [4.69, 9.17) is 16.2 Å². The SMILES string of the molecule is C[C@@H]1OCC2(CCN(c3nc(N)c(Br)n4ncnc34)CC2)[C@@H]1N. The van der Waals surface area contributed by atoms with Gasteiger partial charge in [0.15, 0.2) is 21.9 Å². The first-order valence-corrected chi connectivity index (χ1v) is 8.58. The van der Waals surface area contributed by atoms with Crippen molar-refractivity contribution < 1.29 is 4.74 Å². The fourth-order valence-electron chi connectivity index (χ4n) is 3.71. The number of rotatable bonds is 1. The van der Waals surface area contributed by atoms with E-state index >= 15 is 0 Å². The summed E-state index contributed by atoms with van der Waals surface area (Å²) in [7, 11) is 0. The first-order chi connectivity index (χ1) is 11.0. The molecule has 0 bridgehead atoms. The van der Waals surface area contributed by atoms with Crippen LogP contribution in [0.5, 0.6) is 0 Å². The van der Waals surface area contributed by atoms with Crippen LogP contribution < -0.4 is 16.4 Å². The Labute approximate surface area is 142 Å². The number of ether oxygens (including phenoxy) is 1. The van der Waals surface area contributed by atoms with Gasteiger partial charge in [-0.05, 0) is 35.7 Å². The van der Waals surface area contributed by atoms with Gasteiger partial charge in [0.05, 0.1) is 12.7 Å². The van der Waals surface area contributed by atoms with Crippen molar-refractivity contribution in [1.29, 1.82) is 0 Å². The van der Waals surface area contributed by atoms with Crippen LogP contribution in [0.15, 0.2) is 10.9 Å².